The van der Waals surface area contributed by atoms with Crippen LogP contribution in [-0.2, 0) is 36.7 Å². The molecule has 1 unspecified atom stereocenters. The number of aromatic nitrogens is 2. The van der Waals surface area contributed by atoms with Crippen molar-refractivity contribution in [1.29, 1.82) is 0 Å². The minimum Gasteiger partial charge on any atom is -0.465 e. The standard InChI is InChI=1S/C19H24N2O2.C10H12N2.C9H14O3/c1-2-23-19(22)16-8-4-6-10-18(16)20-12-11-14-13-21-17-9-5-3-7-15(14)17;11-6-5-8-7-12-10-4-2-1-3-9(8)10;1-2-12-9(11)7-5-3-4-6-8(7)10/h3,5,7,9,13,20-21H,2,4,6,8,10-12H2,1H3;1-4,7,12H,5-6,11H2;7H,2-6H2,1H3. The zero-order valence-electron chi connectivity index (χ0n) is 27.9. The summed E-state index contributed by atoms with van der Waals surface area (Å²) in [6, 6.07) is 16.6. The first-order valence-corrected chi connectivity index (χ1v) is 17.1. The average Bonchev–Trinajstić information content (AvgIpc) is 3.70. The number of carbonyl (C=O) groups is 3. The predicted octanol–water partition coefficient (Wildman–Crippen LogP) is 6.67. The zero-order valence-corrected chi connectivity index (χ0v) is 27.9. The highest BCUT2D eigenvalue weighted by molar-refractivity contribution is 5.99. The van der Waals surface area contributed by atoms with E-state index in [2.05, 4.69) is 57.9 Å². The van der Waals surface area contributed by atoms with Crippen LogP contribution in [0.2, 0.25) is 0 Å². The molecular formula is C38H50N4O5. The molecule has 0 radical (unpaired) electrons. The quantitative estimate of drug-likeness (QED) is 0.112. The SMILES string of the molecule is CCOC(=O)C1=C(NCCc2c[nH]c3ccccc23)CCCC1.CCOC(=O)C1CCCCC1=O.NCCc1c[nH]c2ccccc12. The van der Waals surface area contributed by atoms with Crippen molar-refractivity contribution in [1.82, 2.24) is 15.3 Å². The Balaban J connectivity index is 0.000000176. The summed E-state index contributed by atoms with van der Waals surface area (Å²) in [5, 5.41) is 6.05. The van der Waals surface area contributed by atoms with E-state index in [-0.39, 0.29) is 17.7 Å². The molecule has 4 aromatic rings. The summed E-state index contributed by atoms with van der Waals surface area (Å²) in [6.07, 6.45) is 13.1. The molecular weight excluding hydrogens is 592 g/mol. The Bertz CT molecular complexity index is 1640. The van der Waals surface area contributed by atoms with Crippen molar-refractivity contribution in [3.63, 3.8) is 0 Å². The highest BCUT2D eigenvalue weighted by Gasteiger charge is 2.29. The maximum absolute atomic E-state index is 12.1. The molecule has 1 saturated carbocycles. The molecule has 1 atom stereocenters. The van der Waals surface area contributed by atoms with Gasteiger partial charge in [-0.15, -0.1) is 0 Å². The molecule has 252 valence electrons. The van der Waals surface area contributed by atoms with Gasteiger partial charge in [0.25, 0.3) is 0 Å². The number of esters is 2. The van der Waals surface area contributed by atoms with Crippen LogP contribution in [-0.4, -0.2) is 54.0 Å². The van der Waals surface area contributed by atoms with Gasteiger partial charge in [-0.3, -0.25) is 9.59 Å². The van der Waals surface area contributed by atoms with Crippen LogP contribution in [0, 0.1) is 5.92 Å². The number of para-hydroxylation sites is 2. The van der Waals surface area contributed by atoms with Crippen LogP contribution in [0.25, 0.3) is 21.8 Å². The molecule has 2 aromatic carbocycles. The summed E-state index contributed by atoms with van der Waals surface area (Å²) in [5.74, 6) is -0.887. The van der Waals surface area contributed by atoms with Crippen molar-refractivity contribution < 1.29 is 23.9 Å². The lowest BCUT2D eigenvalue weighted by Gasteiger charge is -2.20. The third-order valence-corrected chi connectivity index (χ3v) is 8.61. The van der Waals surface area contributed by atoms with E-state index in [0.29, 0.717) is 32.6 Å². The van der Waals surface area contributed by atoms with E-state index in [1.54, 1.807) is 6.92 Å². The van der Waals surface area contributed by atoms with Gasteiger partial charge in [0, 0.05) is 52.9 Å². The van der Waals surface area contributed by atoms with Crippen molar-refractivity contribution in [2.45, 2.75) is 78.1 Å². The highest BCUT2D eigenvalue weighted by Crippen LogP contribution is 2.25. The van der Waals surface area contributed by atoms with E-state index >= 15 is 0 Å². The molecule has 2 heterocycles. The number of benzene rings is 2. The molecule has 9 heteroatoms. The molecule has 0 amide bonds. The second-order valence-corrected chi connectivity index (χ2v) is 11.8. The van der Waals surface area contributed by atoms with E-state index in [4.69, 9.17) is 15.2 Å². The summed E-state index contributed by atoms with van der Waals surface area (Å²) >= 11 is 0. The Kier molecular flexibility index (Phi) is 14.1. The minimum absolute atomic E-state index is 0.0553. The van der Waals surface area contributed by atoms with Gasteiger partial charge in [-0.05, 0) is 95.0 Å². The first kappa shape index (κ1) is 35.5. The van der Waals surface area contributed by atoms with Crippen molar-refractivity contribution in [3.05, 3.63) is 83.3 Å². The molecule has 9 nitrogen and oxygen atoms in total. The molecule has 6 rings (SSSR count). The van der Waals surface area contributed by atoms with Crippen LogP contribution in [0.1, 0.15) is 76.3 Å². The Morgan fingerprint density at radius 1 is 0.809 bits per heavy atom. The largest absolute Gasteiger partial charge is 0.465 e. The average molecular weight is 643 g/mol. The van der Waals surface area contributed by atoms with Crippen LogP contribution in [0.15, 0.2) is 72.2 Å². The Hall–Kier alpha value is -4.37. The number of allylic oxidation sites excluding steroid dienone is 1. The maximum atomic E-state index is 12.1. The topological polar surface area (TPSA) is 139 Å². The number of nitrogens with two attached hydrogens (primary N) is 1. The third-order valence-electron chi connectivity index (χ3n) is 8.61. The normalized spacial score (nSPS) is 16.1. The summed E-state index contributed by atoms with van der Waals surface area (Å²) in [4.78, 5) is 40.9. The van der Waals surface area contributed by atoms with E-state index in [1.165, 1.54) is 32.9 Å². The highest BCUT2D eigenvalue weighted by atomic mass is 16.5. The number of nitrogens with one attached hydrogen (secondary N) is 3. The number of ether oxygens (including phenoxy) is 2. The Labute approximate surface area is 277 Å². The lowest BCUT2D eigenvalue weighted by atomic mass is 9.88. The fourth-order valence-electron chi connectivity index (χ4n) is 6.20. The lowest BCUT2D eigenvalue weighted by Crippen LogP contribution is -2.28. The monoisotopic (exact) mass is 642 g/mol. The smallest absolute Gasteiger partial charge is 0.335 e. The molecule has 1 fully saturated rings. The molecule has 0 saturated heterocycles. The maximum Gasteiger partial charge on any atom is 0.335 e. The molecule has 0 spiro atoms. The van der Waals surface area contributed by atoms with Crippen molar-refractivity contribution in [2.24, 2.45) is 11.7 Å². The van der Waals surface area contributed by atoms with Gasteiger partial charge in [0.05, 0.1) is 18.8 Å². The van der Waals surface area contributed by atoms with Crippen LogP contribution >= 0.6 is 0 Å². The number of aromatic amines is 2. The fraction of sp³-hybridized carbons (Fsp3) is 0.447. The molecule has 0 aliphatic heterocycles. The molecule has 2 aliphatic carbocycles. The van der Waals surface area contributed by atoms with Gasteiger partial charge in [-0.2, -0.15) is 0 Å². The van der Waals surface area contributed by atoms with Gasteiger partial charge in [0.2, 0.25) is 0 Å². The van der Waals surface area contributed by atoms with Crippen LogP contribution in [0.3, 0.4) is 0 Å². The van der Waals surface area contributed by atoms with Gasteiger partial charge >= 0.3 is 11.9 Å². The second kappa shape index (κ2) is 18.7. The predicted molar refractivity (Wildman–Crippen MR) is 187 cm³/mol. The summed E-state index contributed by atoms with van der Waals surface area (Å²) < 4.78 is 9.97. The van der Waals surface area contributed by atoms with Crippen molar-refractivity contribution in [2.75, 3.05) is 26.3 Å². The van der Waals surface area contributed by atoms with Crippen LogP contribution < -0.4 is 11.1 Å². The number of hydrogen-bond donors (Lipinski definition) is 4. The number of H-pyrrole nitrogens is 2. The molecule has 47 heavy (non-hydrogen) atoms. The van der Waals surface area contributed by atoms with Gasteiger partial charge in [-0.1, -0.05) is 42.8 Å². The van der Waals surface area contributed by atoms with Gasteiger partial charge in [0.1, 0.15) is 11.7 Å². The Morgan fingerprint density at radius 2 is 1.40 bits per heavy atom. The number of Topliss-reactive ketones (excluding diaryl/α,β-unsaturated/α-hetero) is 1. The number of fused-ring (bicyclic) bond motifs is 2. The van der Waals surface area contributed by atoms with Crippen molar-refractivity contribution in [3.8, 4) is 0 Å². The summed E-state index contributed by atoms with van der Waals surface area (Å²) in [7, 11) is 0. The molecule has 0 bridgehead atoms. The minimum atomic E-state index is -0.460. The first-order valence-electron chi connectivity index (χ1n) is 17.1. The number of hydrogen-bond acceptors (Lipinski definition) is 7. The molecule has 2 aromatic heterocycles. The van der Waals surface area contributed by atoms with E-state index < -0.39 is 5.92 Å². The first-order chi connectivity index (χ1) is 23.0. The number of ketones is 1. The second-order valence-electron chi connectivity index (χ2n) is 11.8. The third kappa shape index (κ3) is 10.1. The molecule has 2 aliphatic rings. The summed E-state index contributed by atoms with van der Waals surface area (Å²) in [5.41, 5.74) is 12.4. The van der Waals surface area contributed by atoms with Gasteiger partial charge in [0.15, 0.2) is 0 Å². The summed E-state index contributed by atoms with van der Waals surface area (Å²) in [6.45, 7) is 5.95. The fourth-order valence-corrected chi connectivity index (χ4v) is 6.20. The number of rotatable bonds is 10. The van der Waals surface area contributed by atoms with Gasteiger partial charge < -0.3 is 30.5 Å². The van der Waals surface area contributed by atoms with E-state index in [1.807, 2.05) is 25.3 Å². The van der Waals surface area contributed by atoms with E-state index in [0.717, 1.165) is 69.2 Å². The Morgan fingerprint density at radius 3 is 2.02 bits per heavy atom. The molecule has 5 N–H and O–H groups in total. The van der Waals surface area contributed by atoms with Crippen LogP contribution in [0.4, 0.5) is 0 Å². The number of carbonyl (C=O) groups excluding carboxylic acids is 3. The van der Waals surface area contributed by atoms with Crippen LogP contribution in [0.5, 0.6) is 0 Å². The van der Waals surface area contributed by atoms with Crippen molar-refractivity contribution >= 4 is 39.5 Å². The lowest BCUT2D eigenvalue weighted by molar-refractivity contribution is -0.152. The van der Waals surface area contributed by atoms with E-state index in [9.17, 15) is 14.4 Å². The zero-order chi connectivity index (χ0) is 33.4. The van der Waals surface area contributed by atoms with Gasteiger partial charge in [-0.25, -0.2) is 4.79 Å².